The minimum absolute atomic E-state index is 0.00394. The van der Waals surface area contributed by atoms with Gasteiger partial charge in [0.1, 0.15) is 6.61 Å². The van der Waals surface area contributed by atoms with E-state index in [1.165, 1.54) is 7.11 Å². The number of carbonyl (C=O) groups excluding carboxylic acids is 1. The van der Waals surface area contributed by atoms with E-state index in [2.05, 4.69) is 13.8 Å². The summed E-state index contributed by atoms with van der Waals surface area (Å²) in [5, 5.41) is 0. The van der Waals surface area contributed by atoms with Crippen molar-refractivity contribution < 1.29 is 22.7 Å². The number of ether oxygens (including phenoxy) is 2. The summed E-state index contributed by atoms with van der Waals surface area (Å²) in [4.78, 5) is 10.3. The highest BCUT2D eigenvalue weighted by Crippen LogP contribution is 1.82. The summed E-state index contributed by atoms with van der Waals surface area (Å²) < 4.78 is 30.8. The summed E-state index contributed by atoms with van der Waals surface area (Å²) in [6, 6.07) is 0. The van der Waals surface area contributed by atoms with E-state index in [0.29, 0.717) is 0 Å². The van der Waals surface area contributed by atoms with Gasteiger partial charge >= 0.3 is 16.6 Å². The summed E-state index contributed by atoms with van der Waals surface area (Å²) >= 11 is 0. The topological polar surface area (TPSA) is 82.0 Å². The lowest BCUT2D eigenvalue weighted by Gasteiger charge is -1.96. The molecule has 0 saturated carbocycles. The zero-order valence-corrected chi connectivity index (χ0v) is 6.63. The van der Waals surface area contributed by atoms with Crippen molar-refractivity contribution in [3.05, 3.63) is 0 Å². The van der Waals surface area contributed by atoms with Gasteiger partial charge in [-0.1, -0.05) is 4.36 Å². The first-order valence-electron chi connectivity index (χ1n) is 2.63. The van der Waals surface area contributed by atoms with Gasteiger partial charge in [0, 0.05) is 7.11 Å². The van der Waals surface area contributed by atoms with Gasteiger partial charge in [-0.05, 0) is 0 Å². The van der Waals surface area contributed by atoms with Gasteiger partial charge in [0.25, 0.3) is 0 Å². The molecule has 0 aromatic carbocycles. The van der Waals surface area contributed by atoms with Crippen LogP contribution in [-0.2, 0) is 20.0 Å². The van der Waals surface area contributed by atoms with Crippen LogP contribution in [0.15, 0.2) is 4.36 Å². The molecule has 7 heteroatoms. The molecule has 0 aliphatic rings. The van der Waals surface area contributed by atoms with Gasteiger partial charge < -0.3 is 9.47 Å². The maximum absolute atomic E-state index is 10.3. The monoisotopic (exact) mass is 181 g/mol. The lowest BCUT2D eigenvalue weighted by atomic mass is 10.8. The van der Waals surface area contributed by atoms with Crippen LogP contribution in [0.5, 0.6) is 0 Å². The van der Waals surface area contributed by atoms with E-state index < -0.39 is 16.6 Å². The van der Waals surface area contributed by atoms with E-state index in [0.717, 1.165) is 0 Å². The van der Waals surface area contributed by atoms with Gasteiger partial charge in [-0.15, -0.1) is 0 Å². The Hall–Kier alpha value is -0.950. The van der Waals surface area contributed by atoms with Crippen LogP contribution in [0.1, 0.15) is 0 Å². The number of methoxy groups -OCH3 is 1. The van der Waals surface area contributed by atoms with Gasteiger partial charge in [0.15, 0.2) is 0 Å². The molecule has 0 aliphatic carbocycles. The molecule has 0 N–H and O–H groups in total. The van der Waals surface area contributed by atoms with Crippen molar-refractivity contribution in [2.45, 2.75) is 0 Å². The molecule has 0 atom stereocenters. The van der Waals surface area contributed by atoms with Crippen LogP contribution in [0.4, 0.5) is 4.79 Å². The minimum atomic E-state index is -2.74. The molecule has 6 nitrogen and oxygen atoms in total. The quantitative estimate of drug-likeness (QED) is 0.564. The fourth-order valence-corrected chi connectivity index (χ4v) is 0.474. The molecule has 0 spiro atoms. The van der Waals surface area contributed by atoms with Crippen molar-refractivity contribution in [1.82, 2.24) is 0 Å². The zero-order valence-electron chi connectivity index (χ0n) is 5.81. The van der Waals surface area contributed by atoms with Crippen LogP contribution in [0.3, 0.4) is 0 Å². The van der Waals surface area contributed by atoms with Crippen molar-refractivity contribution in [2.75, 3.05) is 20.3 Å². The molecule has 0 unspecified atom stereocenters. The molecule has 11 heavy (non-hydrogen) atoms. The molecular weight excluding hydrogens is 174 g/mol. The van der Waals surface area contributed by atoms with E-state index in [4.69, 9.17) is 0 Å². The molecule has 64 valence electrons. The van der Waals surface area contributed by atoms with E-state index in [1.807, 2.05) is 0 Å². The number of nitrogens with zero attached hydrogens (tertiary/aromatic N) is 1. The first-order valence-corrected chi connectivity index (χ1v) is 3.67. The van der Waals surface area contributed by atoms with Crippen molar-refractivity contribution in [2.24, 2.45) is 4.36 Å². The van der Waals surface area contributed by atoms with Gasteiger partial charge in [0.05, 0.1) is 6.61 Å². The smallest absolute Gasteiger partial charge is 0.445 e. The third-order valence-corrected chi connectivity index (χ3v) is 0.960. The van der Waals surface area contributed by atoms with Crippen LogP contribution < -0.4 is 0 Å². The Morgan fingerprint density at radius 2 is 2.09 bits per heavy atom. The maximum atomic E-state index is 10.3. The summed E-state index contributed by atoms with van der Waals surface area (Å²) in [5.41, 5.74) is 0. The van der Waals surface area contributed by atoms with Crippen LogP contribution in [0.2, 0.25) is 0 Å². The van der Waals surface area contributed by atoms with Crippen LogP contribution in [-0.4, -0.2) is 34.8 Å². The molecule has 0 bridgehead atoms. The third-order valence-electron chi connectivity index (χ3n) is 0.662. The predicted octanol–water partition coefficient (Wildman–Crippen LogP) is -0.168. The molecular formula is C4H7NO5S. The van der Waals surface area contributed by atoms with Crippen LogP contribution in [0, 0.1) is 0 Å². The number of hydrogen-bond donors (Lipinski definition) is 0. The molecule has 0 rings (SSSR count). The molecule has 0 radical (unpaired) electrons. The highest BCUT2D eigenvalue weighted by molar-refractivity contribution is 7.62. The molecule has 0 aliphatic heterocycles. The molecule has 1 amide bonds. The average molecular weight is 181 g/mol. The highest BCUT2D eigenvalue weighted by atomic mass is 32.2. The zero-order chi connectivity index (χ0) is 8.69. The average Bonchev–Trinajstić information content (AvgIpc) is 1.86. The first-order chi connectivity index (χ1) is 5.16. The fourth-order valence-electron chi connectivity index (χ4n) is 0.300. The Morgan fingerprint density at radius 3 is 2.55 bits per heavy atom. The second-order valence-electron chi connectivity index (χ2n) is 1.42. The minimum Gasteiger partial charge on any atom is -0.445 e. The lowest BCUT2D eigenvalue weighted by molar-refractivity contribution is 0.105. The number of amides is 1. The number of rotatable bonds is 3. The maximum Gasteiger partial charge on any atom is 0.448 e. The van der Waals surface area contributed by atoms with Crippen molar-refractivity contribution >= 4 is 16.6 Å². The number of carbonyl (C=O) groups is 1. The van der Waals surface area contributed by atoms with E-state index in [-0.39, 0.29) is 13.2 Å². The summed E-state index contributed by atoms with van der Waals surface area (Å²) in [6.45, 7) is 0.211. The Balaban J connectivity index is 3.63. The second-order valence-corrected chi connectivity index (χ2v) is 2.03. The summed E-state index contributed by atoms with van der Waals surface area (Å²) in [6.07, 6.45) is -1.13. The SMILES string of the molecule is COCCOC(=O)N=S(=O)=O. The highest BCUT2D eigenvalue weighted by Gasteiger charge is 1.97. The van der Waals surface area contributed by atoms with Crippen molar-refractivity contribution in [1.29, 1.82) is 0 Å². The fraction of sp³-hybridized carbons (Fsp3) is 0.750. The lowest BCUT2D eigenvalue weighted by Crippen LogP contribution is -2.05. The molecule has 0 aromatic rings. The van der Waals surface area contributed by atoms with Crippen molar-refractivity contribution in [3.63, 3.8) is 0 Å². The van der Waals surface area contributed by atoms with E-state index in [9.17, 15) is 13.2 Å². The van der Waals surface area contributed by atoms with Gasteiger partial charge in [-0.2, -0.15) is 8.42 Å². The normalized spacial score (nSPS) is 8.82. The third kappa shape index (κ3) is 6.94. The van der Waals surface area contributed by atoms with Gasteiger partial charge in [-0.25, -0.2) is 4.79 Å². The van der Waals surface area contributed by atoms with Crippen LogP contribution >= 0.6 is 0 Å². The number of hydrogen-bond acceptors (Lipinski definition) is 5. The second kappa shape index (κ2) is 5.81. The first kappa shape index (κ1) is 10.0. The molecule has 0 aromatic heterocycles. The standard InChI is InChI=1S/C4H7NO5S/c1-9-2-3-10-4(6)5-11(7)8/h2-3H2,1H3. The predicted molar refractivity (Wildman–Crippen MR) is 34.6 cm³/mol. The largest absolute Gasteiger partial charge is 0.448 e. The Labute approximate surface area is 64.8 Å². The summed E-state index contributed by atoms with van der Waals surface area (Å²) in [7, 11) is -1.31. The van der Waals surface area contributed by atoms with Crippen molar-refractivity contribution in [3.8, 4) is 0 Å². The molecule has 0 fully saturated rings. The van der Waals surface area contributed by atoms with E-state index in [1.54, 1.807) is 0 Å². The molecule has 0 saturated heterocycles. The summed E-state index contributed by atoms with van der Waals surface area (Å²) in [5.74, 6) is 0. The van der Waals surface area contributed by atoms with Crippen LogP contribution in [0.25, 0.3) is 0 Å². The molecule has 0 heterocycles. The van der Waals surface area contributed by atoms with Gasteiger partial charge in [0.2, 0.25) is 0 Å². The van der Waals surface area contributed by atoms with E-state index >= 15 is 0 Å². The Bertz CT molecular complexity index is 235. The Kier molecular flexibility index (Phi) is 5.30. The van der Waals surface area contributed by atoms with Gasteiger partial charge in [-0.3, -0.25) is 0 Å². The Morgan fingerprint density at radius 1 is 1.45 bits per heavy atom.